The number of rotatable bonds is 9. The molecule has 0 N–H and O–H groups in total. The highest BCUT2D eigenvalue weighted by Crippen LogP contribution is 2.25. The van der Waals surface area contributed by atoms with Gasteiger partial charge in [0, 0.05) is 12.2 Å². The van der Waals surface area contributed by atoms with E-state index in [1.165, 1.54) is 0 Å². The van der Waals surface area contributed by atoms with Crippen molar-refractivity contribution in [2.45, 2.75) is 85.1 Å². The highest BCUT2D eigenvalue weighted by atomic mass is 28.4. The molecule has 0 saturated heterocycles. The van der Waals surface area contributed by atoms with Crippen molar-refractivity contribution in [3.8, 4) is 0 Å². The molecule has 0 saturated carbocycles. The van der Waals surface area contributed by atoms with Gasteiger partial charge in [0.2, 0.25) is 0 Å². The molecule has 0 spiro atoms. The van der Waals surface area contributed by atoms with E-state index in [9.17, 15) is 0 Å². The second kappa shape index (κ2) is 8.26. The van der Waals surface area contributed by atoms with Crippen LogP contribution in [-0.2, 0) is 8.85 Å². The van der Waals surface area contributed by atoms with Crippen molar-refractivity contribution < 1.29 is 8.85 Å². The third-order valence-electron chi connectivity index (χ3n) is 3.15. The zero-order chi connectivity index (χ0) is 12.6. The Balaban J connectivity index is 4.55. The summed E-state index contributed by atoms with van der Waals surface area (Å²) in [5, 5.41) is 0. The monoisotopic (exact) mass is 246 g/mol. The maximum atomic E-state index is 6.27. The Bertz CT molecular complexity index is 161. The SMILES string of the molecule is CCC[Si](CC)(OC(C)CC)OC(C)CC. The summed E-state index contributed by atoms with van der Waals surface area (Å²) in [7, 11) is -1.94. The van der Waals surface area contributed by atoms with Gasteiger partial charge in [-0.2, -0.15) is 0 Å². The first kappa shape index (κ1) is 16.1. The zero-order valence-electron chi connectivity index (χ0n) is 12.0. The fourth-order valence-electron chi connectivity index (χ4n) is 1.77. The molecule has 0 bridgehead atoms. The molecule has 0 radical (unpaired) electrons. The largest absolute Gasteiger partial charge is 0.391 e. The molecule has 0 aliphatic rings. The van der Waals surface area contributed by atoms with Gasteiger partial charge in [-0.15, -0.1) is 0 Å². The molecule has 0 amide bonds. The van der Waals surface area contributed by atoms with Gasteiger partial charge in [0.1, 0.15) is 0 Å². The third-order valence-corrected chi connectivity index (χ3v) is 7.15. The second-order valence-electron chi connectivity index (χ2n) is 4.69. The van der Waals surface area contributed by atoms with E-state index in [0.717, 1.165) is 31.4 Å². The van der Waals surface area contributed by atoms with E-state index >= 15 is 0 Å². The highest BCUT2D eigenvalue weighted by Gasteiger charge is 2.37. The van der Waals surface area contributed by atoms with Crippen LogP contribution in [0.1, 0.15) is 60.8 Å². The molecule has 0 aliphatic heterocycles. The van der Waals surface area contributed by atoms with Crippen LogP contribution in [0.3, 0.4) is 0 Å². The van der Waals surface area contributed by atoms with Crippen LogP contribution < -0.4 is 0 Å². The lowest BCUT2D eigenvalue weighted by Gasteiger charge is -2.34. The van der Waals surface area contributed by atoms with E-state index < -0.39 is 8.56 Å². The topological polar surface area (TPSA) is 18.5 Å². The average molecular weight is 246 g/mol. The lowest BCUT2D eigenvalue weighted by Crippen LogP contribution is -2.46. The molecule has 0 aliphatic carbocycles. The van der Waals surface area contributed by atoms with Gasteiger partial charge in [0.25, 0.3) is 0 Å². The maximum Gasteiger partial charge on any atom is 0.338 e. The van der Waals surface area contributed by atoms with Crippen molar-refractivity contribution in [3.63, 3.8) is 0 Å². The molecule has 2 nitrogen and oxygen atoms in total. The van der Waals surface area contributed by atoms with E-state index in [-0.39, 0.29) is 0 Å². The summed E-state index contributed by atoms with van der Waals surface area (Å²) < 4.78 is 12.5. The molecule has 0 aromatic carbocycles. The Morgan fingerprint density at radius 2 is 1.31 bits per heavy atom. The van der Waals surface area contributed by atoms with E-state index in [1.807, 2.05) is 0 Å². The molecule has 0 aromatic rings. The fourth-order valence-corrected chi connectivity index (χ4v) is 5.31. The van der Waals surface area contributed by atoms with Crippen molar-refractivity contribution in [2.24, 2.45) is 0 Å². The molecular weight excluding hydrogens is 216 g/mol. The Labute approximate surface area is 103 Å². The van der Waals surface area contributed by atoms with Gasteiger partial charge in [-0.25, -0.2) is 0 Å². The van der Waals surface area contributed by atoms with Gasteiger partial charge < -0.3 is 8.85 Å². The lowest BCUT2D eigenvalue weighted by atomic mass is 10.3. The van der Waals surface area contributed by atoms with Crippen molar-refractivity contribution in [1.82, 2.24) is 0 Å². The summed E-state index contributed by atoms with van der Waals surface area (Å²) >= 11 is 0. The zero-order valence-corrected chi connectivity index (χ0v) is 13.0. The van der Waals surface area contributed by atoms with Crippen LogP contribution in [0, 0.1) is 0 Å². The normalized spacial score (nSPS) is 19.1. The van der Waals surface area contributed by atoms with Crippen molar-refractivity contribution >= 4 is 8.56 Å². The van der Waals surface area contributed by atoms with Crippen molar-refractivity contribution in [1.29, 1.82) is 0 Å². The van der Waals surface area contributed by atoms with Gasteiger partial charge in [-0.3, -0.25) is 0 Å². The van der Waals surface area contributed by atoms with Crippen LogP contribution in [0.5, 0.6) is 0 Å². The van der Waals surface area contributed by atoms with E-state index in [0.29, 0.717) is 12.2 Å². The Morgan fingerprint density at radius 3 is 1.56 bits per heavy atom. The predicted molar refractivity (Wildman–Crippen MR) is 73.0 cm³/mol. The van der Waals surface area contributed by atoms with Crippen LogP contribution in [-0.4, -0.2) is 20.8 Å². The minimum Gasteiger partial charge on any atom is -0.391 e. The molecule has 98 valence electrons. The van der Waals surface area contributed by atoms with Crippen molar-refractivity contribution in [3.05, 3.63) is 0 Å². The molecule has 0 heterocycles. The molecule has 16 heavy (non-hydrogen) atoms. The molecule has 2 unspecified atom stereocenters. The van der Waals surface area contributed by atoms with Crippen LogP contribution in [0.25, 0.3) is 0 Å². The average Bonchev–Trinajstić information content (AvgIpc) is 2.28. The van der Waals surface area contributed by atoms with Gasteiger partial charge in [0.05, 0.1) is 0 Å². The van der Waals surface area contributed by atoms with Gasteiger partial charge in [-0.1, -0.05) is 34.1 Å². The standard InChI is InChI=1S/C13H30O2Si/c1-7-11-16(10-4,14-12(5)8-2)15-13(6)9-3/h12-13H,7-11H2,1-6H3. The highest BCUT2D eigenvalue weighted by molar-refractivity contribution is 6.67. The Kier molecular flexibility index (Phi) is 8.33. The summed E-state index contributed by atoms with van der Waals surface area (Å²) in [6.45, 7) is 13.1. The van der Waals surface area contributed by atoms with Crippen LogP contribution >= 0.6 is 0 Å². The lowest BCUT2D eigenvalue weighted by molar-refractivity contribution is 0.0872. The predicted octanol–water partition coefficient (Wildman–Crippen LogP) is 4.49. The summed E-state index contributed by atoms with van der Waals surface area (Å²) in [5.74, 6) is 0. The molecule has 2 atom stereocenters. The maximum absolute atomic E-state index is 6.27. The molecule has 0 fully saturated rings. The Morgan fingerprint density at radius 1 is 0.875 bits per heavy atom. The van der Waals surface area contributed by atoms with E-state index in [2.05, 4.69) is 41.5 Å². The fraction of sp³-hybridized carbons (Fsp3) is 1.00. The first-order valence-corrected chi connectivity index (χ1v) is 9.12. The third kappa shape index (κ3) is 5.46. The minimum absolute atomic E-state index is 0.335. The van der Waals surface area contributed by atoms with Crippen LogP contribution in [0.4, 0.5) is 0 Å². The van der Waals surface area contributed by atoms with Gasteiger partial charge >= 0.3 is 8.56 Å². The van der Waals surface area contributed by atoms with Gasteiger partial charge in [0.15, 0.2) is 0 Å². The minimum atomic E-state index is -1.94. The van der Waals surface area contributed by atoms with Gasteiger partial charge in [-0.05, 0) is 38.8 Å². The Hall–Kier alpha value is 0.137. The van der Waals surface area contributed by atoms with Crippen LogP contribution in [0.2, 0.25) is 12.1 Å². The van der Waals surface area contributed by atoms with E-state index in [1.54, 1.807) is 0 Å². The number of hydrogen-bond donors (Lipinski definition) is 0. The van der Waals surface area contributed by atoms with E-state index in [4.69, 9.17) is 8.85 Å². The van der Waals surface area contributed by atoms with Crippen molar-refractivity contribution in [2.75, 3.05) is 0 Å². The quantitative estimate of drug-likeness (QED) is 0.558. The smallest absolute Gasteiger partial charge is 0.338 e. The first-order valence-electron chi connectivity index (χ1n) is 6.89. The molecule has 3 heteroatoms. The van der Waals surface area contributed by atoms with Crippen LogP contribution in [0.15, 0.2) is 0 Å². The summed E-state index contributed by atoms with van der Waals surface area (Å²) in [4.78, 5) is 0. The number of hydrogen-bond acceptors (Lipinski definition) is 2. The summed E-state index contributed by atoms with van der Waals surface area (Å²) in [6, 6.07) is 2.19. The summed E-state index contributed by atoms with van der Waals surface area (Å²) in [6.07, 6.45) is 3.97. The summed E-state index contributed by atoms with van der Waals surface area (Å²) in [5.41, 5.74) is 0. The molecular formula is C13H30O2Si. The first-order chi connectivity index (χ1) is 7.53. The molecule has 0 rings (SSSR count). The molecule has 0 aromatic heterocycles. The second-order valence-corrected chi connectivity index (χ2v) is 8.19.